The lowest BCUT2D eigenvalue weighted by atomic mass is 10.2. The number of carbonyl (C=O) groups is 1. The predicted molar refractivity (Wildman–Crippen MR) is 73.0 cm³/mol. The Labute approximate surface area is 109 Å². The molecule has 1 aliphatic rings. The van der Waals surface area contributed by atoms with Crippen LogP contribution in [0.25, 0.3) is 0 Å². The van der Waals surface area contributed by atoms with E-state index in [1.165, 1.54) is 6.08 Å². The van der Waals surface area contributed by atoms with E-state index in [-0.39, 0.29) is 23.5 Å². The van der Waals surface area contributed by atoms with Crippen LogP contribution in [0.4, 0.5) is 0 Å². The molecule has 5 heteroatoms. The average molecular weight is 271 g/mol. The second-order valence-corrected chi connectivity index (χ2v) is 6.70. The van der Waals surface area contributed by atoms with Crippen LogP contribution in [0, 0.1) is 0 Å². The fraction of sp³-hybridized carbons (Fsp3) is 0.615. The summed E-state index contributed by atoms with van der Waals surface area (Å²) in [5.74, 6) is 0.206. The number of carbonyl (C=O) groups excluding carboxylic acids is 1. The van der Waals surface area contributed by atoms with Gasteiger partial charge in [0.25, 0.3) is 0 Å². The van der Waals surface area contributed by atoms with E-state index in [1.807, 2.05) is 19.9 Å². The molecular weight excluding hydrogens is 250 g/mol. The Bertz CT molecular complexity index is 437. The number of amides is 1. The molecule has 1 amide bonds. The highest BCUT2D eigenvalue weighted by Crippen LogP contribution is 2.18. The molecule has 0 N–H and O–H groups in total. The summed E-state index contributed by atoms with van der Waals surface area (Å²) in [6.07, 6.45) is 8.21. The van der Waals surface area contributed by atoms with Crippen molar-refractivity contribution in [2.24, 2.45) is 0 Å². The normalized spacial score (nSPS) is 22.9. The zero-order valence-electron chi connectivity index (χ0n) is 11.0. The first-order valence-corrected chi connectivity index (χ1v) is 8.12. The van der Waals surface area contributed by atoms with Crippen molar-refractivity contribution in [3.8, 4) is 0 Å². The summed E-state index contributed by atoms with van der Waals surface area (Å²) < 4.78 is 22.9. The van der Waals surface area contributed by atoms with Crippen LogP contribution in [-0.4, -0.2) is 43.3 Å². The van der Waals surface area contributed by atoms with E-state index in [1.54, 1.807) is 17.1 Å². The number of sulfone groups is 1. The van der Waals surface area contributed by atoms with Crippen molar-refractivity contribution in [1.29, 1.82) is 0 Å². The van der Waals surface area contributed by atoms with Crippen LogP contribution in [0.3, 0.4) is 0 Å². The molecule has 0 bridgehead atoms. The summed E-state index contributed by atoms with van der Waals surface area (Å²) >= 11 is 0. The van der Waals surface area contributed by atoms with Gasteiger partial charge in [0.2, 0.25) is 5.91 Å². The molecule has 0 spiro atoms. The van der Waals surface area contributed by atoms with Crippen molar-refractivity contribution >= 4 is 15.7 Å². The molecule has 0 saturated carbocycles. The van der Waals surface area contributed by atoms with Crippen molar-refractivity contribution < 1.29 is 13.2 Å². The lowest BCUT2D eigenvalue weighted by Gasteiger charge is -2.26. The van der Waals surface area contributed by atoms with Crippen LogP contribution in [0.15, 0.2) is 24.3 Å². The topological polar surface area (TPSA) is 54.5 Å². The molecule has 0 aliphatic carbocycles. The van der Waals surface area contributed by atoms with Crippen LogP contribution < -0.4 is 0 Å². The van der Waals surface area contributed by atoms with Gasteiger partial charge in [0.15, 0.2) is 9.84 Å². The van der Waals surface area contributed by atoms with Gasteiger partial charge < -0.3 is 4.90 Å². The second kappa shape index (κ2) is 6.73. The molecule has 1 aliphatic heterocycles. The Morgan fingerprint density at radius 3 is 2.61 bits per heavy atom. The molecule has 0 radical (unpaired) electrons. The summed E-state index contributed by atoms with van der Waals surface area (Å²) in [6, 6.07) is -0.155. The molecule has 18 heavy (non-hydrogen) atoms. The first-order valence-electron chi connectivity index (χ1n) is 6.30. The maximum Gasteiger partial charge on any atom is 0.246 e. The third-order valence-corrected chi connectivity index (χ3v) is 4.69. The van der Waals surface area contributed by atoms with Gasteiger partial charge in [-0.05, 0) is 19.8 Å². The van der Waals surface area contributed by atoms with Gasteiger partial charge in [0.1, 0.15) is 0 Å². The van der Waals surface area contributed by atoms with Crippen LogP contribution in [0.2, 0.25) is 0 Å². The van der Waals surface area contributed by atoms with Crippen LogP contribution in [0.5, 0.6) is 0 Å². The minimum absolute atomic E-state index is 0.1000. The number of nitrogens with zero attached hydrogens (tertiary/aromatic N) is 1. The maximum absolute atomic E-state index is 12.0. The highest BCUT2D eigenvalue weighted by molar-refractivity contribution is 7.91. The van der Waals surface area contributed by atoms with Gasteiger partial charge in [-0.2, -0.15) is 0 Å². The van der Waals surface area contributed by atoms with Gasteiger partial charge >= 0.3 is 0 Å². The molecular formula is C13H21NO3S. The Hall–Kier alpha value is -1.10. The van der Waals surface area contributed by atoms with Crippen LogP contribution >= 0.6 is 0 Å². The first kappa shape index (κ1) is 15.0. The third kappa shape index (κ3) is 4.29. The molecule has 0 aromatic rings. The molecule has 4 nitrogen and oxygen atoms in total. The SMILES string of the molecule is C/C=C/C=C/C(=O)N(CCC)[C@H]1CCS(=O)(=O)C1. The molecule has 0 unspecified atom stereocenters. The predicted octanol–water partition coefficient (Wildman–Crippen LogP) is 1.54. The first-order chi connectivity index (χ1) is 8.50. The summed E-state index contributed by atoms with van der Waals surface area (Å²) in [5, 5.41) is 0. The molecule has 0 aromatic carbocycles. The summed E-state index contributed by atoms with van der Waals surface area (Å²) in [4.78, 5) is 13.7. The largest absolute Gasteiger partial charge is 0.335 e. The van der Waals surface area contributed by atoms with Crippen molar-refractivity contribution in [3.63, 3.8) is 0 Å². The van der Waals surface area contributed by atoms with E-state index in [0.717, 1.165) is 6.42 Å². The van der Waals surface area contributed by atoms with Crippen molar-refractivity contribution in [3.05, 3.63) is 24.3 Å². The molecule has 1 heterocycles. The van der Waals surface area contributed by atoms with E-state index in [4.69, 9.17) is 0 Å². The average Bonchev–Trinajstić information content (AvgIpc) is 2.66. The lowest BCUT2D eigenvalue weighted by molar-refractivity contribution is -0.127. The molecule has 1 fully saturated rings. The van der Waals surface area contributed by atoms with E-state index >= 15 is 0 Å². The maximum atomic E-state index is 12.0. The fourth-order valence-electron chi connectivity index (χ4n) is 2.08. The Balaban J connectivity index is 2.73. The van der Waals surface area contributed by atoms with Gasteiger partial charge in [-0.15, -0.1) is 0 Å². The van der Waals surface area contributed by atoms with E-state index in [2.05, 4.69) is 0 Å². The van der Waals surface area contributed by atoms with Gasteiger partial charge in [-0.3, -0.25) is 4.79 Å². The Kier molecular flexibility index (Phi) is 5.59. The van der Waals surface area contributed by atoms with Gasteiger partial charge in [0, 0.05) is 18.7 Å². The fourth-order valence-corrected chi connectivity index (χ4v) is 3.81. The minimum atomic E-state index is -2.95. The number of hydrogen-bond donors (Lipinski definition) is 0. The second-order valence-electron chi connectivity index (χ2n) is 4.47. The van der Waals surface area contributed by atoms with E-state index in [0.29, 0.717) is 13.0 Å². The van der Waals surface area contributed by atoms with Crippen molar-refractivity contribution in [1.82, 2.24) is 4.90 Å². The monoisotopic (exact) mass is 271 g/mol. The minimum Gasteiger partial charge on any atom is -0.335 e. The number of hydrogen-bond acceptors (Lipinski definition) is 3. The van der Waals surface area contributed by atoms with E-state index in [9.17, 15) is 13.2 Å². The highest BCUT2D eigenvalue weighted by Gasteiger charge is 2.33. The highest BCUT2D eigenvalue weighted by atomic mass is 32.2. The molecule has 102 valence electrons. The lowest BCUT2D eigenvalue weighted by Crippen LogP contribution is -2.40. The number of allylic oxidation sites excluding steroid dienone is 3. The molecule has 1 rings (SSSR count). The quantitative estimate of drug-likeness (QED) is 0.563. The Morgan fingerprint density at radius 2 is 2.11 bits per heavy atom. The van der Waals surface area contributed by atoms with Gasteiger partial charge in [0.05, 0.1) is 11.5 Å². The molecule has 1 atom stereocenters. The molecule has 0 aromatic heterocycles. The molecule has 1 saturated heterocycles. The van der Waals surface area contributed by atoms with E-state index < -0.39 is 9.84 Å². The van der Waals surface area contributed by atoms with Crippen molar-refractivity contribution in [2.75, 3.05) is 18.1 Å². The van der Waals surface area contributed by atoms with Crippen LogP contribution in [-0.2, 0) is 14.6 Å². The van der Waals surface area contributed by atoms with Crippen LogP contribution in [0.1, 0.15) is 26.7 Å². The zero-order valence-corrected chi connectivity index (χ0v) is 11.8. The summed E-state index contributed by atoms with van der Waals surface area (Å²) in [5.41, 5.74) is 0. The van der Waals surface area contributed by atoms with Gasteiger partial charge in [-0.25, -0.2) is 8.42 Å². The third-order valence-electron chi connectivity index (χ3n) is 2.94. The summed E-state index contributed by atoms with van der Waals surface area (Å²) in [6.45, 7) is 4.47. The smallest absolute Gasteiger partial charge is 0.246 e. The standard InChI is InChI=1S/C13H21NO3S/c1-3-5-6-7-13(15)14(9-4-2)12-8-10-18(16,17)11-12/h3,5-7,12H,4,8-11H2,1-2H3/b5-3+,7-6+/t12-/m0/s1. The zero-order chi connectivity index (χ0) is 13.6. The van der Waals surface area contributed by atoms with Crippen molar-refractivity contribution in [2.45, 2.75) is 32.7 Å². The number of rotatable bonds is 5. The summed E-state index contributed by atoms with van der Waals surface area (Å²) in [7, 11) is -2.95. The van der Waals surface area contributed by atoms with Gasteiger partial charge in [-0.1, -0.05) is 25.2 Å². The Morgan fingerprint density at radius 1 is 1.39 bits per heavy atom.